The Bertz CT molecular complexity index is 1170. The number of hydrogen-bond donors (Lipinski definition) is 0. The first-order valence-corrected chi connectivity index (χ1v) is 9.18. The maximum Gasteiger partial charge on any atom is 0.417 e. The number of aromatic nitrogens is 5. The van der Waals surface area contributed by atoms with Gasteiger partial charge in [-0.3, -0.25) is 4.79 Å². The Morgan fingerprint density at radius 1 is 1.23 bits per heavy atom. The van der Waals surface area contributed by atoms with E-state index in [1.54, 1.807) is 25.3 Å². The van der Waals surface area contributed by atoms with Crippen molar-refractivity contribution in [1.29, 1.82) is 0 Å². The second-order valence-corrected chi connectivity index (χ2v) is 7.02. The molecule has 30 heavy (non-hydrogen) atoms. The van der Waals surface area contributed by atoms with Crippen LogP contribution in [-0.2, 0) is 6.18 Å². The Balaban J connectivity index is 1.70. The molecule has 0 radical (unpaired) electrons. The van der Waals surface area contributed by atoms with Gasteiger partial charge in [-0.1, -0.05) is 22.9 Å². The average Bonchev–Trinajstić information content (AvgIpc) is 3.12. The number of rotatable bonds is 2. The van der Waals surface area contributed by atoms with Crippen molar-refractivity contribution in [1.82, 2.24) is 29.9 Å². The lowest BCUT2D eigenvalue weighted by Crippen LogP contribution is -2.31. The van der Waals surface area contributed by atoms with Gasteiger partial charge in [-0.25, -0.2) is 9.97 Å². The molecule has 3 heterocycles. The third-order valence-electron chi connectivity index (χ3n) is 4.68. The summed E-state index contributed by atoms with van der Waals surface area (Å²) in [6.07, 6.45) is -0.0321. The SMILES string of the molecule is Cc1ccnc(-n2nnc3c2C=CN(C(=O)c2cccc(C(F)(F)F)c2Cl)C3C)n1. The fourth-order valence-electron chi connectivity index (χ4n) is 3.15. The van der Waals surface area contributed by atoms with E-state index >= 15 is 0 Å². The molecule has 1 aliphatic heterocycles. The zero-order valence-electron chi connectivity index (χ0n) is 15.7. The van der Waals surface area contributed by atoms with Gasteiger partial charge in [0, 0.05) is 18.1 Å². The van der Waals surface area contributed by atoms with Gasteiger partial charge in [-0.2, -0.15) is 17.9 Å². The van der Waals surface area contributed by atoms with Crippen molar-refractivity contribution in [3.05, 3.63) is 69.9 Å². The summed E-state index contributed by atoms with van der Waals surface area (Å²) in [4.78, 5) is 22.7. The third kappa shape index (κ3) is 3.32. The van der Waals surface area contributed by atoms with Crippen LogP contribution in [0.2, 0.25) is 5.02 Å². The van der Waals surface area contributed by atoms with Gasteiger partial charge < -0.3 is 4.90 Å². The van der Waals surface area contributed by atoms with E-state index in [0.29, 0.717) is 17.3 Å². The molecule has 0 N–H and O–H groups in total. The van der Waals surface area contributed by atoms with E-state index in [-0.39, 0.29) is 5.56 Å². The summed E-state index contributed by atoms with van der Waals surface area (Å²) in [5.41, 5.74) is 0.465. The molecule has 154 valence electrons. The van der Waals surface area contributed by atoms with E-state index in [1.165, 1.54) is 21.8 Å². The van der Waals surface area contributed by atoms with Crippen LogP contribution < -0.4 is 0 Å². The molecule has 0 bridgehead atoms. The molecule has 1 aromatic carbocycles. The Labute approximate surface area is 173 Å². The van der Waals surface area contributed by atoms with Gasteiger partial charge in [0.1, 0.15) is 5.69 Å². The fraction of sp³-hybridized carbons (Fsp3) is 0.211. The third-order valence-corrected chi connectivity index (χ3v) is 5.09. The largest absolute Gasteiger partial charge is 0.417 e. The van der Waals surface area contributed by atoms with Gasteiger partial charge in [0.05, 0.1) is 27.9 Å². The van der Waals surface area contributed by atoms with Crippen LogP contribution in [0.3, 0.4) is 0 Å². The summed E-state index contributed by atoms with van der Waals surface area (Å²) in [7, 11) is 0. The normalized spacial score (nSPS) is 15.9. The van der Waals surface area contributed by atoms with Gasteiger partial charge in [-0.05, 0) is 38.1 Å². The molecular formula is C19H14ClF3N6O. The second-order valence-electron chi connectivity index (χ2n) is 6.64. The topological polar surface area (TPSA) is 76.8 Å². The van der Waals surface area contributed by atoms with Crippen molar-refractivity contribution in [2.24, 2.45) is 0 Å². The predicted molar refractivity (Wildman–Crippen MR) is 102 cm³/mol. The first-order chi connectivity index (χ1) is 14.2. The van der Waals surface area contributed by atoms with Crippen molar-refractivity contribution in [2.45, 2.75) is 26.1 Å². The minimum atomic E-state index is -4.67. The van der Waals surface area contributed by atoms with Gasteiger partial charge in [0.25, 0.3) is 11.9 Å². The highest BCUT2D eigenvalue weighted by molar-refractivity contribution is 6.34. The van der Waals surface area contributed by atoms with Gasteiger partial charge in [-0.15, -0.1) is 5.10 Å². The number of benzene rings is 1. The van der Waals surface area contributed by atoms with E-state index in [2.05, 4.69) is 20.3 Å². The van der Waals surface area contributed by atoms with Crippen LogP contribution in [-0.4, -0.2) is 35.8 Å². The molecule has 2 aromatic heterocycles. The zero-order valence-corrected chi connectivity index (χ0v) is 16.5. The first-order valence-electron chi connectivity index (χ1n) is 8.80. The number of alkyl halides is 3. The van der Waals surface area contributed by atoms with E-state index < -0.39 is 28.7 Å². The quantitative estimate of drug-likeness (QED) is 0.603. The lowest BCUT2D eigenvalue weighted by atomic mass is 10.0. The van der Waals surface area contributed by atoms with Crippen molar-refractivity contribution < 1.29 is 18.0 Å². The summed E-state index contributed by atoms with van der Waals surface area (Å²) in [5.74, 6) is -0.358. The number of amides is 1. The number of nitrogens with zero attached hydrogens (tertiary/aromatic N) is 6. The summed E-state index contributed by atoms with van der Waals surface area (Å²) in [5, 5.41) is 7.55. The van der Waals surface area contributed by atoms with E-state index in [9.17, 15) is 18.0 Å². The van der Waals surface area contributed by atoms with E-state index in [0.717, 1.165) is 17.8 Å². The van der Waals surface area contributed by atoms with Crippen LogP contribution >= 0.6 is 11.6 Å². The Morgan fingerprint density at radius 2 is 2.00 bits per heavy atom. The summed E-state index contributed by atoms with van der Waals surface area (Å²) >= 11 is 5.91. The lowest BCUT2D eigenvalue weighted by Gasteiger charge is -2.28. The molecular weight excluding hydrogens is 421 g/mol. The summed E-state index contributed by atoms with van der Waals surface area (Å²) in [6.45, 7) is 3.50. The van der Waals surface area contributed by atoms with Gasteiger partial charge in [0.2, 0.25) is 0 Å². The molecule has 1 atom stereocenters. The molecule has 3 aromatic rings. The number of hydrogen-bond acceptors (Lipinski definition) is 5. The van der Waals surface area contributed by atoms with E-state index in [1.807, 2.05) is 6.92 Å². The zero-order chi connectivity index (χ0) is 21.6. The number of carbonyl (C=O) groups is 1. The highest BCUT2D eigenvalue weighted by atomic mass is 35.5. The number of halogens is 4. The molecule has 1 unspecified atom stereocenters. The molecule has 0 fully saturated rings. The van der Waals surface area contributed by atoms with Crippen molar-refractivity contribution in [2.75, 3.05) is 0 Å². The number of carbonyl (C=O) groups excluding carboxylic acids is 1. The maximum absolute atomic E-state index is 13.1. The Kier molecular flexibility index (Phi) is 4.81. The van der Waals surface area contributed by atoms with Crippen molar-refractivity contribution >= 4 is 23.6 Å². The molecule has 0 aliphatic carbocycles. The smallest absolute Gasteiger partial charge is 0.306 e. The Hall–Kier alpha value is -3.27. The highest BCUT2D eigenvalue weighted by Gasteiger charge is 2.36. The molecule has 0 saturated carbocycles. The van der Waals surface area contributed by atoms with Crippen LogP contribution in [0.15, 0.2) is 36.7 Å². The van der Waals surface area contributed by atoms with Crippen molar-refractivity contribution in [3.8, 4) is 5.95 Å². The van der Waals surface area contributed by atoms with Gasteiger partial charge in [0.15, 0.2) is 0 Å². The lowest BCUT2D eigenvalue weighted by molar-refractivity contribution is -0.137. The van der Waals surface area contributed by atoms with Crippen LogP contribution in [0.4, 0.5) is 13.2 Å². The summed E-state index contributed by atoms with van der Waals surface area (Å²) in [6, 6.07) is 4.39. The molecule has 0 spiro atoms. The van der Waals surface area contributed by atoms with Crippen LogP contribution in [0.1, 0.15) is 46.0 Å². The monoisotopic (exact) mass is 434 g/mol. The number of aryl methyl sites for hydroxylation is 1. The van der Waals surface area contributed by atoms with Crippen LogP contribution in [0.5, 0.6) is 0 Å². The van der Waals surface area contributed by atoms with Crippen LogP contribution in [0, 0.1) is 6.92 Å². The highest BCUT2D eigenvalue weighted by Crippen LogP contribution is 2.38. The van der Waals surface area contributed by atoms with Crippen LogP contribution in [0.25, 0.3) is 12.0 Å². The Morgan fingerprint density at radius 3 is 2.70 bits per heavy atom. The standard InChI is InChI=1S/C19H14ClF3N6O/c1-10-6-8-24-18(25-10)29-14-7-9-28(11(2)16(14)26-27-29)17(30)12-4-3-5-13(15(12)20)19(21,22)23/h3-9,11H,1-2H3. The summed E-state index contributed by atoms with van der Waals surface area (Å²) < 4.78 is 40.9. The molecule has 1 aliphatic rings. The molecule has 1 amide bonds. The van der Waals surface area contributed by atoms with Crippen molar-refractivity contribution in [3.63, 3.8) is 0 Å². The van der Waals surface area contributed by atoms with Gasteiger partial charge >= 0.3 is 6.18 Å². The molecule has 4 rings (SSSR count). The minimum absolute atomic E-state index is 0.249. The first kappa shape index (κ1) is 20.0. The molecule has 7 nitrogen and oxygen atoms in total. The second kappa shape index (κ2) is 7.21. The molecule has 0 saturated heterocycles. The predicted octanol–water partition coefficient (Wildman–Crippen LogP) is 4.23. The average molecular weight is 435 g/mol. The maximum atomic E-state index is 13.1. The minimum Gasteiger partial charge on any atom is -0.306 e. The molecule has 11 heteroatoms. The van der Waals surface area contributed by atoms with E-state index in [4.69, 9.17) is 11.6 Å². The fourth-order valence-corrected chi connectivity index (χ4v) is 3.46. The number of fused-ring (bicyclic) bond motifs is 1.